The van der Waals surface area contributed by atoms with Crippen molar-refractivity contribution in [2.24, 2.45) is 0 Å². The summed E-state index contributed by atoms with van der Waals surface area (Å²) in [6, 6.07) is 7.62. The van der Waals surface area contributed by atoms with Crippen LogP contribution >= 0.6 is 22.6 Å². The Hall–Kier alpha value is 0.342. The fourth-order valence-electron chi connectivity index (χ4n) is 1.84. The molecule has 0 saturated heterocycles. The summed E-state index contributed by atoms with van der Waals surface area (Å²) in [6.07, 6.45) is 0. The molecule has 1 aromatic carbocycles. The van der Waals surface area contributed by atoms with Crippen LogP contribution in [0.3, 0.4) is 0 Å². The molecule has 0 heterocycles. The number of halogens is 1. The van der Waals surface area contributed by atoms with Crippen LogP contribution in [0.15, 0.2) is 24.3 Å². The van der Waals surface area contributed by atoms with E-state index >= 15 is 0 Å². The van der Waals surface area contributed by atoms with Gasteiger partial charge in [-0.25, -0.2) is 0 Å². The second-order valence-corrected chi connectivity index (χ2v) is 23.5. The molecule has 0 aliphatic rings. The van der Waals surface area contributed by atoms with Crippen LogP contribution in [0.4, 0.5) is 0 Å². The summed E-state index contributed by atoms with van der Waals surface area (Å²) in [5.74, 6) is -0.109. The molecule has 0 radical (unpaired) electrons. The topological polar surface area (TPSA) is 26.3 Å². The standard InChI is InChI=1S/C7H5IO2.3C2H5.Pb/c8-6-4-2-1-3-5(6)7(9)10;3*1-2;/h1-4H,(H,9,10);3*1H2,2H3;/q;;;;+1/p-1. The summed E-state index contributed by atoms with van der Waals surface area (Å²) < 4.78 is 10.1. The van der Waals surface area contributed by atoms with Gasteiger partial charge in [0.2, 0.25) is 0 Å². The zero-order valence-electron chi connectivity index (χ0n) is 10.6. The fraction of sp³-hybridized carbons (Fsp3) is 0.462. The minimum absolute atomic E-state index is 0.109. The number of carbonyl (C=O) groups is 1. The summed E-state index contributed by atoms with van der Waals surface area (Å²) in [5.41, 5.74) is 0.716. The Morgan fingerprint density at radius 2 is 1.71 bits per heavy atom. The van der Waals surface area contributed by atoms with Gasteiger partial charge in [0.1, 0.15) is 0 Å². The molecule has 0 saturated carbocycles. The van der Waals surface area contributed by atoms with Gasteiger partial charge in [0.25, 0.3) is 0 Å². The maximum atomic E-state index is 12.2. The van der Waals surface area contributed by atoms with Crippen molar-refractivity contribution in [1.82, 2.24) is 0 Å². The predicted molar refractivity (Wildman–Crippen MR) is 81.8 cm³/mol. The number of rotatable bonds is 5. The molecule has 0 N–H and O–H groups in total. The molecule has 0 spiro atoms. The molecular formula is C13H19IO2Pb. The van der Waals surface area contributed by atoms with E-state index in [-0.39, 0.29) is 5.97 Å². The van der Waals surface area contributed by atoms with Crippen molar-refractivity contribution in [2.45, 2.75) is 32.7 Å². The number of hydrogen-bond acceptors (Lipinski definition) is 2. The van der Waals surface area contributed by atoms with Crippen molar-refractivity contribution in [2.75, 3.05) is 0 Å². The van der Waals surface area contributed by atoms with E-state index in [1.807, 2.05) is 24.3 Å². The van der Waals surface area contributed by atoms with Gasteiger partial charge >= 0.3 is 124 Å². The zero-order valence-corrected chi connectivity index (χ0v) is 16.7. The van der Waals surface area contributed by atoms with E-state index in [0.717, 1.165) is 15.5 Å². The average molecular weight is 541 g/mol. The second kappa shape index (κ2) is 7.06. The van der Waals surface area contributed by atoms with Crippen molar-refractivity contribution in [1.29, 1.82) is 0 Å². The summed E-state index contributed by atoms with van der Waals surface area (Å²) in [7, 11) is 0. The third-order valence-electron chi connectivity index (χ3n) is 3.34. The van der Waals surface area contributed by atoms with Gasteiger partial charge in [-0.1, -0.05) is 0 Å². The Morgan fingerprint density at radius 3 is 2.18 bits per heavy atom. The molecule has 2 nitrogen and oxygen atoms in total. The van der Waals surface area contributed by atoms with Crippen molar-refractivity contribution in [3.05, 3.63) is 33.4 Å². The summed E-state index contributed by atoms with van der Waals surface area (Å²) in [5, 5.41) is 0. The van der Waals surface area contributed by atoms with Gasteiger partial charge in [0.05, 0.1) is 0 Å². The predicted octanol–water partition coefficient (Wildman–Crippen LogP) is 4.45. The zero-order chi connectivity index (χ0) is 12.9. The van der Waals surface area contributed by atoms with Crippen molar-refractivity contribution in [3.63, 3.8) is 0 Å². The number of carbonyl (C=O) groups excluding carboxylic acids is 1. The van der Waals surface area contributed by atoms with Crippen molar-refractivity contribution < 1.29 is 7.48 Å². The normalized spacial score (nSPS) is 11.3. The Balaban J connectivity index is 2.89. The van der Waals surface area contributed by atoms with Crippen molar-refractivity contribution >= 4 is 50.2 Å². The molecule has 4 heteroatoms. The summed E-state index contributed by atoms with van der Waals surface area (Å²) in [6.45, 7) is 6.49. The second-order valence-electron chi connectivity index (χ2n) is 4.11. The average Bonchev–Trinajstić information content (AvgIpc) is 2.36. The van der Waals surface area contributed by atoms with E-state index in [1.54, 1.807) is 0 Å². The van der Waals surface area contributed by atoms with E-state index in [4.69, 9.17) is 2.69 Å². The van der Waals surface area contributed by atoms with Crippen LogP contribution in [0.5, 0.6) is 0 Å². The molecule has 0 aliphatic carbocycles. The Labute approximate surface area is 123 Å². The van der Waals surface area contributed by atoms with Gasteiger partial charge < -0.3 is 0 Å². The van der Waals surface area contributed by atoms with Crippen LogP contribution in [0.2, 0.25) is 11.9 Å². The Kier molecular flexibility index (Phi) is 6.40. The van der Waals surface area contributed by atoms with E-state index in [1.165, 1.54) is 0 Å². The molecular weight excluding hydrogens is 522 g/mol. The monoisotopic (exact) mass is 542 g/mol. The van der Waals surface area contributed by atoms with E-state index in [2.05, 4.69) is 43.4 Å². The van der Waals surface area contributed by atoms with Gasteiger partial charge in [-0.3, -0.25) is 0 Å². The first-order valence-electron chi connectivity index (χ1n) is 6.06. The molecule has 0 amide bonds. The molecule has 94 valence electrons. The molecule has 17 heavy (non-hydrogen) atoms. The molecule has 0 aliphatic heterocycles. The third kappa shape index (κ3) is 3.90. The SMILES string of the molecule is C[CH2][Pb]([CH2]C)([CH2]C)[O]C(=O)c1ccccc1I. The van der Waals surface area contributed by atoms with Crippen molar-refractivity contribution in [3.8, 4) is 0 Å². The molecule has 0 atom stereocenters. The maximum absolute atomic E-state index is 12.2. The quantitative estimate of drug-likeness (QED) is 0.407. The first-order chi connectivity index (χ1) is 8.08. The summed E-state index contributed by atoms with van der Waals surface area (Å²) in [4.78, 5) is 12.2. The molecule has 1 rings (SSSR count). The molecule has 1 aromatic rings. The van der Waals surface area contributed by atoms with E-state index in [9.17, 15) is 4.79 Å². The first-order valence-corrected chi connectivity index (χ1v) is 17.0. The Bertz CT molecular complexity index is 380. The van der Waals surface area contributed by atoms with Crippen LogP contribution in [-0.4, -0.2) is 27.6 Å². The molecule has 0 bridgehead atoms. The third-order valence-corrected chi connectivity index (χ3v) is 21.7. The Morgan fingerprint density at radius 1 is 1.18 bits per heavy atom. The number of benzene rings is 1. The molecule has 0 aromatic heterocycles. The first kappa shape index (κ1) is 15.4. The van der Waals surface area contributed by atoms with Gasteiger partial charge in [-0.05, 0) is 0 Å². The molecule has 0 unspecified atom stereocenters. The summed E-state index contributed by atoms with van der Waals surface area (Å²) >= 11 is -0.570. The van der Waals surface area contributed by atoms with Crippen LogP contribution in [0.25, 0.3) is 0 Å². The van der Waals surface area contributed by atoms with Gasteiger partial charge in [0.15, 0.2) is 0 Å². The van der Waals surface area contributed by atoms with Gasteiger partial charge in [-0.2, -0.15) is 0 Å². The minimum atomic E-state index is -2.76. The van der Waals surface area contributed by atoms with Crippen LogP contribution in [-0.2, 0) is 2.69 Å². The van der Waals surface area contributed by atoms with Gasteiger partial charge in [0, 0.05) is 0 Å². The van der Waals surface area contributed by atoms with E-state index in [0.29, 0.717) is 5.56 Å². The molecule has 0 fully saturated rings. The number of hydrogen-bond donors (Lipinski definition) is 0. The van der Waals surface area contributed by atoms with Crippen LogP contribution in [0, 0.1) is 3.57 Å². The van der Waals surface area contributed by atoms with E-state index < -0.39 is 21.6 Å². The van der Waals surface area contributed by atoms with Crippen LogP contribution < -0.4 is 0 Å². The van der Waals surface area contributed by atoms with Gasteiger partial charge in [-0.15, -0.1) is 0 Å². The fourth-order valence-corrected chi connectivity index (χ4v) is 11.9. The van der Waals surface area contributed by atoms with Crippen LogP contribution in [0.1, 0.15) is 31.1 Å².